The van der Waals surface area contributed by atoms with Gasteiger partial charge in [0.2, 0.25) is 6.41 Å². The van der Waals surface area contributed by atoms with Gasteiger partial charge in [0, 0.05) is 18.2 Å². The minimum Gasteiger partial charge on any atom is -0.283 e. The van der Waals surface area contributed by atoms with Crippen LogP contribution < -0.4 is 5.01 Å². The van der Waals surface area contributed by atoms with Crippen LogP contribution in [0.5, 0.6) is 0 Å². The third-order valence-electron chi connectivity index (χ3n) is 3.93. The number of carbonyl (C=O) groups is 1. The second-order valence-corrected chi connectivity index (χ2v) is 5.10. The topological polar surface area (TPSA) is 23.6 Å². The van der Waals surface area contributed by atoms with Crippen molar-refractivity contribution in [1.82, 2.24) is 5.01 Å². The molecule has 1 unspecified atom stereocenters. The Morgan fingerprint density at radius 3 is 2.78 bits per heavy atom. The number of allylic oxidation sites excluding steroid dienone is 2. The van der Waals surface area contributed by atoms with Crippen LogP contribution in [0.15, 0.2) is 36.0 Å². The van der Waals surface area contributed by atoms with Gasteiger partial charge in [0.15, 0.2) is 0 Å². The predicted molar refractivity (Wildman–Crippen MR) is 71.9 cm³/mol. The fraction of sp³-hybridized carbons (Fsp3) is 0.400. The Hall–Kier alpha value is -1.77. The van der Waals surface area contributed by atoms with Crippen LogP contribution in [-0.4, -0.2) is 18.0 Å². The lowest BCUT2D eigenvalue weighted by Gasteiger charge is -2.31. The Morgan fingerprint density at radius 1 is 1.28 bits per heavy atom. The molecule has 1 aromatic rings. The van der Waals surface area contributed by atoms with Crippen molar-refractivity contribution in [3.05, 3.63) is 41.6 Å². The van der Waals surface area contributed by atoms with Crippen LogP contribution in [0.1, 0.15) is 24.8 Å². The zero-order valence-electron chi connectivity index (χ0n) is 10.7. The highest BCUT2D eigenvalue weighted by Crippen LogP contribution is 2.38. The van der Waals surface area contributed by atoms with Crippen molar-refractivity contribution < 1.29 is 4.79 Å². The summed E-state index contributed by atoms with van der Waals surface area (Å²) in [5.41, 5.74) is 3.50. The lowest BCUT2D eigenvalue weighted by molar-refractivity contribution is -0.109. The summed E-state index contributed by atoms with van der Waals surface area (Å²) < 4.78 is 0. The monoisotopic (exact) mass is 242 g/mol. The van der Waals surface area contributed by atoms with Crippen LogP contribution in [0.2, 0.25) is 0 Å². The van der Waals surface area contributed by atoms with Gasteiger partial charge in [-0.3, -0.25) is 9.80 Å². The number of rotatable bonds is 3. The van der Waals surface area contributed by atoms with E-state index in [0.717, 1.165) is 25.1 Å². The van der Waals surface area contributed by atoms with Gasteiger partial charge in [0.05, 0.1) is 5.69 Å². The fourth-order valence-electron chi connectivity index (χ4n) is 2.95. The van der Waals surface area contributed by atoms with Crippen LogP contribution in [0.4, 0.5) is 5.69 Å². The fourth-order valence-corrected chi connectivity index (χ4v) is 2.95. The van der Waals surface area contributed by atoms with Gasteiger partial charge in [0.25, 0.3) is 0 Å². The first-order chi connectivity index (χ1) is 8.79. The van der Waals surface area contributed by atoms with E-state index in [9.17, 15) is 4.79 Å². The molecule has 1 amide bonds. The molecule has 0 saturated carbocycles. The first kappa shape index (κ1) is 11.3. The van der Waals surface area contributed by atoms with Crippen LogP contribution in [0.3, 0.4) is 0 Å². The normalized spacial score (nSPS) is 21.7. The lowest BCUT2D eigenvalue weighted by atomic mass is 10.1. The number of benzene rings is 1. The molecule has 3 heteroatoms. The van der Waals surface area contributed by atoms with Crippen LogP contribution >= 0.6 is 0 Å². The van der Waals surface area contributed by atoms with Crippen LogP contribution in [0, 0.1) is 12.8 Å². The zero-order valence-corrected chi connectivity index (χ0v) is 10.7. The summed E-state index contributed by atoms with van der Waals surface area (Å²) in [5, 5.41) is 3.88. The maximum absolute atomic E-state index is 11.4. The molecule has 0 aromatic heterocycles. The standard InChI is InChI=1S/C15H18N2O/c1-12-5-7-14(8-6-12)17(11-18)16-10-9-13-3-2-4-15(13)16/h4-8,11,13H,2-3,9-10H2,1H3. The molecule has 1 fully saturated rings. The van der Waals surface area contributed by atoms with Crippen molar-refractivity contribution in [3.8, 4) is 0 Å². The minimum absolute atomic E-state index is 0.665. The summed E-state index contributed by atoms with van der Waals surface area (Å²) in [6.07, 6.45) is 6.76. The molecular weight excluding hydrogens is 224 g/mol. The van der Waals surface area contributed by atoms with Crippen molar-refractivity contribution in [3.63, 3.8) is 0 Å². The SMILES string of the molecule is Cc1ccc(N(C=O)N2CCC3CCC=C32)cc1. The van der Waals surface area contributed by atoms with E-state index in [-0.39, 0.29) is 0 Å². The number of hydrogen-bond donors (Lipinski definition) is 0. The summed E-state index contributed by atoms with van der Waals surface area (Å²) in [6.45, 7) is 3.00. The highest BCUT2D eigenvalue weighted by Gasteiger charge is 2.33. The average molecular weight is 242 g/mol. The molecule has 2 aliphatic rings. The quantitative estimate of drug-likeness (QED) is 0.761. The third-order valence-corrected chi connectivity index (χ3v) is 3.93. The van der Waals surface area contributed by atoms with Crippen molar-refractivity contribution in [2.45, 2.75) is 26.2 Å². The summed E-state index contributed by atoms with van der Waals surface area (Å²) in [7, 11) is 0. The molecule has 94 valence electrons. The lowest BCUT2D eigenvalue weighted by Crippen LogP contribution is -2.38. The number of hydrazine groups is 1. The van der Waals surface area contributed by atoms with Gasteiger partial charge in [-0.2, -0.15) is 0 Å². The Labute approximate surface area is 108 Å². The maximum atomic E-state index is 11.4. The van der Waals surface area contributed by atoms with E-state index in [1.54, 1.807) is 5.01 Å². The summed E-state index contributed by atoms with van der Waals surface area (Å²) >= 11 is 0. The largest absolute Gasteiger partial charge is 0.283 e. The number of nitrogens with zero attached hydrogens (tertiary/aromatic N) is 2. The molecule has 3 nitrogen and oxygen atoms in total. The van der Waals surface area contributed by atoms with Gasteiger partial charge in [0.1, 0.15) is 0 Å². The molecule has 1 saturated heterocycles. The maximum Gasteiger partial charge on any atom is 0.233 e. The number of amides is 1. The predicted octanol–water partition coefficient (Wildman–Crippen LogP) is 2.87. The molecule has 1 atom stereocenters. The Bertz CT molecular complexity index is 478. The van der Waals surface area contributed by atoms with Crippen molar-refractivity contribution in [2.24, 2.45) is 5.92 Å². The van der Waals surface area contributed by atoms with E-state index >= 15 is 0 Å². The Balaban J connectivity index is 1.88. The van der Waals surface area contributed by atoms with Gasteiger partial charge in [-0.1, -0.05) is 23.8 Å². The number of hydrogen-bond acceptors (Lipinski definition) is 2. The minimum atomic E-state index is 0.665. The average Bonchev–Trinajstić information content (AvgIpc) is 2.96. The smallest absolute Gasteiger partial charge is 0.233 e. The van der Waals surface area contributed by atoms with E-state index in [4.69, 9.17) is 0 Å². The van der Waals surface area contributed by atoms with E-state index in [0.29, 0.717) is 5.92 Å². The summed E-state index contributed by atoms with van der Waals surface area (Å²) in [4.78, 5) is 11.4. The van der Waals surface area contributed by atoms with E-state index in [2.05, 4.69) is 18.0 Å². The number of carbonyl (C=O) groups excluding carboxylic acids is 1. The molecule has 1 aliphatic carbocycles. The first-order valence-corrected chi connectivity index (χ1v) is 6.58. The Kier molecular flexibility index (Phi) is 2.82. The molecule has 0 N–H and O–H groups in total. The molecule has 3 rings (SSSR count). The molecule has 1 aliphatic heterocycles. The number of aryl methyl sites for hydroxylation is 1. The van der Waals surface area contributed by atoms with Crippen molar-refractivity contribution in [2.75, 3.05) is 11.6 Å². The molecular formula is C15H18N2O. The molecule has 1 aromatic carbocycles. The second kappa shape index (κ2) is 4.48. The van der Waals surface area contributed by atoms with Gasteiger partial charge in [-0.25, -0.2) is 5.01 Å². The van der Waals surface area contributed by atoms with Crippen molar-refractivity contribution in [1.29, 1.82) is 0 Å². The Morgan fingerprint density at radius 2 is 2.06 bits per heavy atom. The molecule has 0 bridgehead atoms. The third kappa shape index (κ3) is 1.80. The highest BCUT2D eigenvalue weighted by atomic mass is 16.1. The molecule has 0 spiro atoms. The van der Waals surface area contributed by atoms with Gasteiger partial charge in [-0.15, -0.1) is 0 Å². The molecule has 18 heavy (non-hydrogen) atoms. The van der Waals surface area contributed by atoms with E-state index < -0.39 is 0 Å². The first-order valence-electron chi connectivity index (χ1n) is 6.58. The molecule has 0 radical (unpaired) electrons. The summed E-state index contributed by atoms with van der Waals surface area (Å²) in [6, 6.07) is 8.10. The van der Waals surface area contributed by atoms with Gasteiger partial charge < -0.3 is 0 Å². The summed E-state index contributed by atoms with van der Waals surface area (Å²) in [5.74, 6) is 0.665. The highest BCUT2D eigenvalue weighted by molar-refractivity contribution is 5.74. The van der Waals surface area contributed by atoms with E-state index in [1.165, 1.54) is 24.1 Å². The zero-order chi connectivity index (χ0) is 12.5. The molecule has 1 heterocycles. The van der Waals surface area contributed by atoms with Crippen LogP contribution in [0.25, 0.3) is 0 Å². The van der Waals surface area contributed by atoms with Gasteiger partial charge in [-0.05, 0) is 38.3 Å². The van der Waals surface area contributed by atoms with Gasteiger partial charge >= 0.3 is 0 Å². The number of anilines is 1. The van der Waals surface area contributed by atoms with Crippen molar-refractivity contribution >= 4 is 12.1 Å². The van der Waals surface area contributed by atoms with E-state index in [1.807, 2.05) is 24.3 Å². The van der Waals surface area contributed by atoms with Crippen LogP contribution in [-0.2, 0) is 4.79 Å². The second-order valence-electron chi connectivity index (χ2n) is 5.10. The number of fused-ring (bicyclic) bond motifs is 1.